The summed E-state index contributed by atoms with van der Waals surface area (Å²) in [6.45, 7) is 3.95. The lowest BCUT2D eigenvalue weighted by atomic mass is 9.80. The van der Waals surface area contributed by atoms with Crippen LogP contribution in [0.4, 0.5) is 0 Å². The Morgan fingerprint density at radius 3 is 2.24 bits per heavy atom. The SMILES string of the molecule is Cc1ccc(C(=O)N(C)C2(C(=O)O)CCCCC2)cc1C. The van der Waals surface area contributed by atoms with E-state index in [0.29, 0.717) is 18.4 Å². The van der Waals surface area contributed by atoms with E-state index in [0.717, 1.165) is 30.4 Å². The fraction of sp³-hybridized carbons (Fsp3) is 0.529. The van der Waals surface area contributed by atoms with Gasteiger partial charge in [0, 0.05) is 12.6 Å². The second kappa shape index (κ2) is 5.88. The molecule has 1 aliphatic rings. The molecular weight excluding hydrogens is 266 g/mol. The average Bonchev–Trinajstić information content (AvgIpc) is 2.49. The number of carbonyl (C=O) groups excluding carboxylic acids is 1. The van der Waals surface area contributed by atoms with Crippen LogP contribution in [0.3, 0.4) is 0 Å². The minimum Gasteiger partial charge on any atom is -0.479 e. The van der Waals surface area contributed by atoms with Crippen LogP contribution in [0.5, 0.6) is 0 Å². The van der Waals surface area contributed by atoms with Crippen molar-refractivity contribution in [2.24, 2.45) is 0 Å². The Morgan fingerprint density at radius 2 is 1.71 bits per heavy atom. The van der Waals surface area contributed by atoms with Crippen LogP contribution < -0.4 is 0 Å². The summed E-state index contributed by atoms with van der Waals surface area (Å²) in [5, 5.41) is 9.66. The van der Waals surface area contributed by atoms with Gasteiger partial charge in [-0.15, -0.1) is 0 Å². The van der Waals surface area contributed by atoms with Gasteiger partial charge in [-0.3, -0.25) is 4.79 Å². The number of carboxylic acids is 1. The second-order valence-electron chi connectivity index (χ2n) is 6.06. The van der Waals surface area contributed by atoms with Crippen molar-refractivity contribution in [3.8, 4) is 0 Å². The molecule has 1 aromatic carbocycles. The Kier molecular flexibility index (Phi) is 4.35. The number of hydrogen-bond acceptors (Lipinski definition) is 2. The van der Waals surface area contributed by atoms with Crippen molar-refractivity contribution in [3.63, 3.8) is 0 Å². The van der Waals surface area contributed by atoms with E-state index in [1.807, 2.05) is 26.0 Å². The van der Waals surface area contributed by atoms with Gasteiger partial charge in [0.25, 0.3) is 5.91 Å². The van der Waals surface area contributed by atoms with Gasteiger partial charge in [-0.25, -0.2) is 4.79 Å². The Hall–Kier alpha value is -1.84. The molecule has 4 nitrogen and oxygen atoms in total. The molecular formula is C17H23NO3. The van der Waals surface area contributed by atoms with Gasteiger partial charge in [-0.05, 0) is 49.9 Å². The van der Waals surface area contributed by atoms with Gasteiger partial charge in [-0.2, -0.15) is 0 Å². The first-order valence-electron chi connectivity index (χ1n) is 7.47. The zero-order chi connectivity index (χ0) is 15.6. The summed E-state index contributed by atoms with van der Waals surface area (Å²) in [5.41, 5.74) is 1.68. The van der Waals surface area contributed by atoms with E-state index < -0.39 is 11.5 Å². The lowest BCUT2D eigenvalue weighted by Gasteiger charge is -2.41. The molecule has 0 unspecified atom stereocenters. The zero-order valence-corrected chi connectivity index (χ0v) is 13.0. The van der Waals surface area contributed by atoms with Crippen LogP contribution >= 0.6 is 0 Å². The predicted molar refractivity (Wildman–Crippen MR) is 81.5 cm³/mol. The minimum atomic E-state index is -1.05. The molecule has 1 N–H and O–H groups in total. The standard InChI is InChI=1S/C17H23NO3/c1-12-7-8-14(11-13(12)2)15(19)18(3)17(16(20)21)9-5-4-6-10-17/h7-8,11H,4-6,9-10H2,1-3H3,(H,20,21). The van der Waals surface area contributed by atoms with E-state index in [1.165, 1.54) is 4.90 Å². The van der Waals surface area contributed by atoms with Crippen molar-refractivity contribution in [2.75, 3.05) is 7.05 Å². The van der Waals surface area contributed by atoms with Gasteiger partial charge in [-0.1, -0.05) is 25.3 Å². The summed E-state index contributed by atoms with van der Waals surface area (Å²) in [7, 11) is 1.62. The molecule has 0 atom stereocenters. The number of nitrogens with zero attached hydrogens (tertiary/aromatic N) is 1. The quantitative estimate of drug-likeness (QED) is 0.930. The van der Waals surface area contributed by atoms with Crippen molar-refractivity contribution < 1.29 is 14.7 Å². The van der Waals surface area contributed by atoms with Crippen molar-refractivity contribution >= 4 is 11.9 Å². The summed E-state index contributed by atoms with van der Waals surface area (Å²) < 4.78 is 0. The summed E-state index contributed by atoms with van der Waals surface area (Å²) in [6, 6.07) is 5.52. The second-order valence-corrected chi connectivity index (χ2v) is 6.06. The third-order valence-corrected chi connectivity index (χ3v) is 4.78. The molecule has 1 aromatic rings. The fourth-order valence-corrected chi connectivity index (χ4v) is 3.09. The Labute approximate surface area is 125 Å². The topological polar surface area (TPSA) is 57.6 Å². The third-order valence-electron chi connectivity index (χ3n) is 4.78. The maximum atomic E-state index is 12.7. The monoisotopic (exact) mass is 289 g/mol. The number of rotatable bonds is 3. The smallest absolute Gasteiger partial charge is 0.329 e. The lowest BCUT2D eigenvalue weighted by Crippen LogP contribution is -2.56. The normalized spacial score (nSPS) is 17.3. The fourth-order valence-electron chi connectivity index (χ4n) is 3.09. The molecule has 2 rings (SSSR count). The third kappa shape index (κ3) is 2.80. The largest absolute Gasteiger partial charge is 0.479 e. The Bertz CT molecular complexity index is 559. The lowest BCUT2D eigenvalue weighted by molar-refractivity contribution is -0.151. The van der Waals surface area contributed by atoms with Crippen LogP contribution in [0.2, 0.25) is 0 Å². The van der Waals surface area contributed by atoms with Crippen LogP contribution in [0, 0.1) is 13.8 Å². The number of carboxylic acid groups (broad SMARTS) is 1. The molecule has 1 aliphatic carbocycles. The highest BCUT2D eigenvalue weighted by Gasteiger charge is 2.45. The van der Waals surface area contributed by atoms with E-state index in [9.17, 15) is 14.7 Å². The van der Waals surface area contributed by atoms with Gasteiger partial charge in [0.1, 0.15) is 5.54 Å². The first kappa shape index (κ1) is 15.5. The average molecular weight is 289 g/mol. The van der Waals surface area contributed by atoms with Gasteiger partial charge < -0.3 is 10.0 Å². The molecule has 21 heavy (non-hydrogen) atoms. The summed E-state index contributed by atoms with van der Waals surface area (Å²) in [5.74, 6) is -1.09. The molecule has 0 bridgehead atoms. The van der Waals surface area contributed by atoms with Crippen LogP contribution in [0.1, 0.15) is 53.6 Å². The molecule has 0 spiro atoms. The number of aliphatic carboxylic acids is 1. The van der Waals surface area contributed by atoms with Gasteiger partial charge >= 0.3 is 5.97 Å². The summed E-state index contributed by atoms with van der Waals surface area (Å²) in [6.07, 6.45) is 3.83. The number of aryl methyl sites for hydroxylation is 2. The number of likely N-dealkylation sites (N-methyl/N-ethyl adjacent to an activating group) is 1. The first-order chi connectivity index (χ1) is 9.88. The first-order valence-corrected chi connectivity index (χ1v) is 7.47. The maximum Gasteiger partial charge on any atom is 0.329 e. The van der Waals surface area contributed by atoms with Gasteiger partial charge in [0.15, 0.2) is 0 Å². The van der Waals surface area contributed by atoms with Crippen LogP contribution in [0.25, 0.3) is 0 Å². The van der Waals surface area contributed by atoms with E-state index >= 15 is 0 Å². The molecule has 114 valence electrons. The number of carbonyl (C=O) groups is 2. The molecule has 0 aromatic heterocycles. The molecule has 1 fully saturated rings. The van der Waals surface area contributed by atoms with Crippen molar-refractivity contribution in [3.05, 3.63) is 34.9 Å². The molecule has 0 aliphatic heterocycles. The summed E-state index contributed by atoms with van der Waals surface area (Å²) >= 11 is 0. The minimum absolute atomic E-state index is 0.206. The Balaban J connectivity index is 2.31. The highest BCUT2D eigenvalue weighted by molar-refractivity contribution is 5.98. The number of hydrogen-bond donors (Lipinski definition) is 1. The molecule has 1 saturated carbocycles. The highest BCUT2D eigenvalue weighted by Crippen LogP contribution is 2.34. The Morgan fingerprint density at radius 1 is 1.10 bits per heavy atom. The van der Waals surface area contributed by atoms with E-state index in [2.05, 4.69) is 0 Å². The van der Waals surface area contributed by atoms with Gasteiger partial charge in [0.2, 0.25) is 0 Å². The zero-order valence-electron chi connectivity index (χ0n) is 13.0. The van der Waals surface area contributed by atoms with Crippen LogP contribution in [-0.2, 0) is 4.79 Å². The highest BCUT2D eigenvalue weighted by atomic mass is 16.4. The number of amides is 1. The van der Waals surface area contributed by atoms with E-state index in [1.54, 1.807) is 13.1 Å². The molecule has 4 heteroatoms. The van der Waals surface area contributed by atoms with Crippen molar-refractivity contribution in [1.29, 1.82) is 0 Å². The molecule has 0 heterocycles. The maximum absolute atomic E-state index is 12.7. The molecule has 0 saturated heterocycles. The van der Waals surface area contributed by atoms with Crippen LogP contribution in [0.15, 0.2) is 18.2 Å². The van der Waals surface area contributed by atoms with Crippen molar-refractivity contribution in [2.45, 2.75) is 51.5 Å². The van der Waals surface area contributed by atoms with E-state index in [4.69, 9.17) is 0 Å². The summed E-state index contributed by atoms with van der Waals surface area (Å²) in [4.78, 5) is 25.9. The van der Waals surface area contributed by atoms with E-state index in [-0.39, 0.29) is 5.91 Å². The van der Waals surface area contributed by atoms with Crippen molar-refractivity contribution in [1.82, 2.24) is 4.90 Å². The number of benzene rings is 1. The predicted octanol–water partition coefficient (Wildman–Crippen LogP) is 3.16. The van der Waals surface area contributed by atoms with Crippen LogP contribution in [-0.4, -0.2) is 34.5 Å². The van der Waals surface area contributed by atoms with Gasteiger partial charge in [0.05, 0.1) is 0 Å². The molecule has 1 amide bonds. The molecule has 0 radical (unpaired) electrons.